The Hall–Kier alpha value is -4.26. The van der Waals surface area contributed by atoms with E-state index in [-0.39, 0.29) is 24.0 Å². The molecule has 210 valence electrons. The first-order valence-corrected chi connectivity index (χ1v) is 13.5. The van der Waals surface area contributed by atoms with Gasteiger partial charge in [-0.3, -0.25) is 9.59 Å². The monoisotopic (exact) mass is 543 g/mol. The van der Waals surface area contributed by atoms with E-state index in [9.17, 15) is 14.7 Å². The van der Waals surface area contributed by atoms with E-state index in [1.807, 2.05) is 51.1 Å². The van der Waals surface area contributed by atoms with Gasteiger partial charge in [0.05, 0.1) is 31.4 Å². The lowest BCUT2D eigenvalue weighted by atomic mass is 9.94. The normalized spacial score (nSPS) is 16.6. The number of amides is 1. The number of aliphatic hydroxyl groups is 1. The van der Waals surface area contributed by atoms with Gasteiger partial charge in [0.2, 0.25) is 0 Å². The zero-order chi connectivity index (χ0) is 29.0. The van der Waals surface area contributed by atoms with Crippen LogP contribution in [0.5, 0.6) is 17.2 Å². The molecule has 3 aromatic carbocycles. The Labute approximate surface area is 236 Å². The molecule has 0 aliphatic carbocycles. The molecule has 1 unspecified atom stereocenters. The van der Waals surface area contributed by atoms with Crippen LogP contribution in [0.15, 0.2) is 72.3 Å². The van der Waals surface area contributed by atoms with Crippen molar-refractivity contribution in [3.8, 4) is 17.2 Å². The van der Waals surface area contributed by atoms with E-state index in [1.165, 1.54) is 4.90 Å². The van der Waals surface area contributed by atoms with E-state index in [0.29, 0.717) is 35.2 Å². The standard InChI is InChI=1S/C33H37NO6/c1-20(2)19-39-28-15-12-25(16-22(28)5)31(35)29-30(24-8-7-9-27(17-24)38-6)34(33(37)32(29)36)18-23-10-13-26(14-11-23)40-21(3)4/h7-17,20-21,30,35H,18-19H2,1-6H3/b31-29-. The molecule has 0 radical (unpaired) electrons. The van der Waals surface area contributed by atoms with Crippen LogP contribution in [0.1, 0.15) is 56.0 Å². The fourth-order valence-corrected chi connectivity index (χ4v) is 4.71. The Morgan fingerprint density at radius 2 is 1.68 bits per heavy atom. The zero-order valence-electron chi connectivity index (χ0n) is 23.9. The number of hydrogen-bond acceptors (Lipinski definition) is 6. The number of likely N-dealkylation sites (tertiary alicyclic amines) is 1. The SMILES string of the molecule is COc1cccc(C2/C(=C(/O)c3ccc(OCC(C)C)c(C)c3)C(=O)C(=O)N2Cc2ccc(OC(C)C)cc2)c1. The van der Waals surface area contributed by atoms with Gasteiger partial charge in [0.15, 0.2) is 0 Å². The van der Waals surface area contributed by atoms with Crippen molar-refractivity contribution in [2.45, 2.75) is 53.3 Å². The quantitative estimate of drug-likeness (QED) is 0.180. The Kier molecular flexibility index (Phi) is 8.83. The predicted octanol–water partition coefficient (Wildman–Crippen LogP) is 6.45. The molecule has 7 heteroatoms. The average molecular weight is 544 g/mol. The van der Waals surface area contributed by atoms with E-state index < -0.39 is 17.7 Å². The molecule has 1 aliphatic heterocycles. The van der Waals surface area contributed by atoms with Gasteiger partial charge in [0.25, 0.3) is 11.7 Å². The van der Waals surface area contributed by atoms with Crippen LogP contribution in [0, 0.1) is 12.8 Å². The second-order valence-electron chi connectivity index (χ2n) is 10.7. The Morgan fingerprint density at radius 1 is 0.950 bits per heavy atom. The highest BCUT2D eigenvalue weighted by Crippen LogP contribution is 2.41. The van der Waals surface area contributed by atoms with Crippen LogP contribution in [0.2, 0.25) is 0 Å². The molecule has 0 spiro atoms. The van der Waals surface area contributed by atoms with E-state index in [4.69, 9.17) is 14.2 Å². The molecule has 3 aromatic rings. The third-order valence-electron chi connectivity index (χ3n) is 6.62. The van der Waals surface area contributed by atoms with Crippen molar-refractivity contribution < 1.29 is 28.9 Å². The maximum absolute atomic E-state index is 13.5. The van der Waals surface area contributed by atoms with Gasteiger partial charge < -0.3 is 24.2 Å². The van der Waals surface area contributed by atoms with Gasteiger partial charge in [-0.2, -0.15) is 0 Å². The van der Waals surface area contributed by atoms with Gasteiger partial charge >= 0.3 is 0 Å². The van der Waals surface area contributed by atoms with E-state index in [1.54, 1.807) is 43.5 Å². The number of aryl methyl sites for hydroxylation is 1. The molecule has 1 amide bonds. The van der Waals surface area contributed by atoms with Crippen LogP contribution in [0.4, 0.5) is 0 Å². The van der Waals surface area contributed by atoms with Gasteiger partial charge in [-0.1, -0.05) is 38.1 Å². The number of aliphatic hydroxyl groups excluding tert-OH is 1. The summed E-state index contributed by atoms with van der Waals surface area (Å²) in [4.78, 5) is 28.4. The molecule has 4 rings (SSSR count). The number of rotatable bonds is 10. The van der Waals surface area contributed by atoms with Gasteiger partial charge in [0, 0.05) is 12.1 Å². The lowest BCUT2D eigenvalue weighted by Gasteiger charge is -2.26. The zero-order valence-corrected chi connectivity index (χ0v) is 23.9. The Bertz CT molecular complexity index is 1410. The van der Waals surface area contributed by atoms with Crippen LogP contribution < -0.4 is 14.2 Å². The van der Waals surface area contributed by atoms with Crippen LogP contribution in [-0.2, 0) is 16.1 Å². The highest BCUT2D eigenvalue weighted by atomic mass is 16.5. The average Bonchev–Trinajstić information content (AvgIpc) is 3.17. The Morgan fingerprint density at radius 3 is 2.30 bits per heavy atom. The Balaban J connectivity index is 1.76. The summed E-state index contributed by atoms with van der Waals surface area (Å²) >= 11 is 0. The molecule has 1 N–H and O–H groups in total. The maximum atomic E-state index is 13.5. The van der Waals surface area contributed by atoms with Crippen LogP contribution >= 0.6 is 0 Å². The summed E-state index contributed by atoms with van der Waals surface area (Å²) in [5, 5.41) is 11.5. The van der Waals surface area contributed by atoms with Crippen LogP contribution in [0.25, 0.3) is 5.76 Å². The number of nitrogens with zero attached hydrogens (tertiary/aromatic N) is 1. The maximum Gasteiger partial charge on any atom is 0.295 e. The topological polar surface area (TPSA) is 85.3 Å². The number of ether oxygens (including phenoxy) is 3. The lowest BCUT2D eigenvalue weighted by molar-refractivity contribution is -0.140. The second-order valence-corrected chi connectivity index (χ2v) is 10.7. The number of methoxy groups -OCH3 is 1. The fraction of sp³-hybridized carbons (Fsp3) is 0.333. The minimum absolute atomic E-state index is 0.0354. The van der Waals surface area contributed by atoms with Gasteiger partial charge in [-0.15, -0.1) is 0 Å². The van der Waals surface area contributed by atoms with Crippen LogP contribution in [-0.4, -0.2) is 41.5 Å². The van der Waals surface area contributed by atoms with Crippen molar-refractivity contribution >= 4 is 17.4 Å². The molecule has 0 saturated carbocycles. The highest BCUT2D eigenvalue weighted by Gasteiger charge is 2.46. The van der Waals surface area contributed by atoms with E-state index >= 15 is 0 Å². The fourth-order valence-electron chi connectivity index (χ4n) is 4.71. The first kappa shape index (κ1) is 28.7. The van der Waals surface area contributed by atoms with Crippen molar-refractivity contribution in [3.63, 3.8) is 0 Å². The molecule has 0 bridgehead atoms. The minimum atomic E-state index is -0.807. The molecule has 1 atom stereocenters. The molecule has 0 aromatic heterocycles. The smallest absolute Gasteiger partial charge is 0.295 e. The summed E-state index contributed by atoms with van der Waals surface area (Å²) in [7, 11) is 1.56. The number of hydrogen-bond donors (Lipinski definition) is 1. The van der Waals surface area contributed by atoms with Crippen molar-refractivity contribution in [3.05, 3.63) is 94.6 Å². The number of benzene rings is 3. The van der Waals surface area contributed by atoms with Gasteiger partial charge in [-0.25, -0.2) is 0 Å². The molecule has 1 saturated heterocycles. The molecule has 7 nitrogen and oxygen atoms in total. The summed E-state index contributed by atoms with van der Waals surface area (Å²) in [6, 6.07) is 19.1. The first-order chi connectivity index (χ1) is 19.1. The third-order valence-corrected chi connectivity index (χ3v) is 6.62. The van der Waals surface area contributed by atoms with Crippen LogP contribution in [0.3, 0.4) is 0 Å². The lowest BCUT2D eigenvalue weighted by Crippen LogP contribution is -2.29. The minimum Gasteiger partial charge on any atom is -0.507 e. The predicted molar refractivity (Wildman–Crippen MR) is 155 cm³/mol. The summed E-state index contributed by atoms with van der Waals surface area (Å²) in [6.45, 7) is 10.7. The third kappa shape index (κ3) is 6.30. The molecule has 40 heavy (non-hydrogen) atoms. The summed E-state index contributed by atoms with van der Waals surface area (Å²) in [5.41, 5.74) is 2.78. The van der Waals surface area contributed by atoms with E-state index in [2.05, 4.69) is 13.8 Å². The number of carbonyl (C=O) groups excluding carboxylic acids is 2. The molecular weight excluding hydrogens is 506 g/mol. The summed E-state index contributed by atoms with van der Waals surface area (Å²) in [5.74, 6) is 0.744. The number of ketones is 1. The summed E-state index contributed by atoms with van der Waals surface area (Å²) in [6.07, 6.45) is 0.0382. The summed E-state index contributed by atoms with van der Waals surface area (Å²) < 4.78 is 17.0. The highest BCUT2D eigenvalue weighted by molar-refractivity contribution is 6.46. The number of Topliss-reactive ketones (excluding diaryl/α,β-unsaturated/α-hetero) is 1. The second kappa shape index (κ2) is 12.3. The van der Waals surface area contributed by atoms with Gasteiger partial charge in [0.1, 0.15) is 23.0 Å². The van der Waals surface area contributed by atoms with Crippen molar-refractivity contribution in [2.75, 3.05) is 13.7 Å². The number of carbonyl (C=O) groups is 2. The van der Waals surface area contributed by atoms with Crippen molar-refractivity contribution in [1.29, 1.82) is 0 Å². The van der Waals surface area contributed by atoms with Gasteiger partial charge in [-0.05, 0) is 85.8 Å². The molecule has 1 aliphatic rings. The van der Waals surface area contributed by atoms with Crippen molar-refractivity contribution in [1.82, 2.24) is 4.90 Å². The molecular formula is C33H37NO6. The largest absolute Gasteiger partial charge is 0.507 e. The van der Waals surface area contributed by atoms with E-state index in [0.717, 1.165) is 16.9 Å². The first-order valence-electron chi connectivity index (χ1n) is 13.5. The van der Waals surface area contributed by atoms with Crippen molar-refractivity contribution in [2.24, 2.45) is 5.92 Å². The molecule has 1 fully saturated rings. The molecule has 1 heterocycles.